The molecule has 4 rings (SSSR count). The second-order valence-electron chi connectivity index (χ2n) is 6.92. The summed E-state index contributed by atoms with van der Waals surface area (Å²) in [4.78, 5) is 27.0. The SMILES string of the molecule is CCCN1C(=O)[C@](O)(CC(=O)/C=C/c2ccc3c(c2)OCO3)c2ccccc21. The minimum Gasteiger partial charge on any atom is -0.454 e. The number of hydrogen-bond acceptors (Lipinski definition) is 5. The fraction of sp³-hybridized carbons (Fsp3) is 0.273. The van der Waals surface area contributed by atoms with Gasteiger partial charge in [-0.15, -0.1) is 0 Å². The van der Waals surface area contributed by atoms with Crippen LogP contribution < -0.4 is 14.4 Å². The molecule has 0 bridgehead atoms. The molecule has 0 aliphatic carbocycles. The number of anilines is 1. The zero-order valence-electron chi connectivity index (χ0n) is 15.6. The maximum atomic E-state index is 12.9. The van der Waals surface area contributed by atoms with Crippen molar-refractivity contribution < 1.29 is 24.2 Å². The van der Waals surface area contributed by atoms with Crippen LogP contribution in [-0.4, -0.2) is 30.1 Å². The molecular formula is C22H21NO5. The summed E-state index contributed by atoms with van der Waals surface area (Å²) in [6.07, 6.45) is 3.48. The van der Waals surface area contributed by atoms with E-state index in [-0.39, 0.29) is 19.0 Å². The van der Waals surface area contributed by atoms with Gasteiger partial charge in [-0.3, -0.25) is 9.59 Å². The Bertz CT molecular complexity index is 967. The van der Waals surface area contributed by atoms with Crippen molar-refractivity contribution in [2.45, 2.75) is 25.4 Å². The molecule has 0 radical (unpaired) electrons. The average molecular weight is 379 g/mol. The number of carbonyl (C=O) groups is 2. The first-order chi connectivity index (χ1) is 13.5. The van der Waals surface area contributed by atoms with Gasteiger partial charge in [-0.25, -0.2) is 0 Å². The third-order valence-electron chi connectivity index (χ3n) is 4.97. The Morgan fingerprint density at radius 2 is 2.00 bits per heavy atom. The minimum atomic E-state index is -1.83. The van der Waals surface area contributed by atoms with E-state index in [0.29, 0.717) is 29.3 Å². The Hall–Kier alpha value is -3.12. The topological polar surface area (TPSA) is 76.1 Å². The van der Waals surface area contributed by atoms with E-state index in [1.807, 2.05) is 19.1 Å². The molecule has 6 heteroatoms. The van der Waals surface area contributed by atoms with Gasteiger partial charge in [0, 0.05) is 12.1 Å². The third kappa shape index (κ3) is 3.05. The lowest BCUT2D eigenvalue weighted by Gasteiger charge is -2.22. The van der Waals surface area contributed by atoms with Gasteiger partial charge in [-0.05, 0) is 36.3 Å². The van der Waals surface area contributed by atoms with Gasteiger partial charge in [0.25, 0.3) is 5.91 Å². The van der Waals surface area contributed by atoms with Gasteiger partial charge in [0.2, 0.25) is 6.79 Å². The van der Waals surface area contributed by atoms with Crippen LogP contribution in [-0.2, 0) is 15.2 Å². The van der Waals surface area contributed by atoms with Gasteiger partial charge in [0.05, 0.1) is 12.1 Å². The van der Waals surface area contributed by atoms with Crippen LogP contribution in [0.1, 0.15) is 30.9 Å². The molecule has 1 amide bonds. The van der Waals surface area contributed by atoms with Gasteiger partial charge in [0.15, 0.2) is 22.9 Å². The van der Waals surface area contributed by atoms with Crippen LogP contribution in [0.25, 0.3) is 6.08 Å². The summed E-state index contributed by atoms with van der Waals surface area (Å²) in [6, 6.07) is 12.5. The predicted octanol–water partition coefficient (Wildman–Crippen LogP) is 3.03. The number of ketones is 1. The highest BCUT2D eigenvalue weighted by Crippen LogP contribution is 2.42. The Morgan fingerprint density at radius 1 is 1.21 bits per heavy atom. The Kier molecular flexibility index (Phi) is 4.65. The number of benzene rings is 2. The molecule has 1 N–H and O–H groups in total. The van der Waals surface area contributed by atoms with Crippen molar-refractivity contribution >= 4 is 23.5 Å². The van der Waals surface area contributed by atoms with Crippen molar-refractivity contribution in [3.05, 3.63) is 59.7 Å². The molecule has 2 aromatic carbocycles. The number of nitrogens with zero attached hydrogens (tertiary/aromatic N) is 1. The molecule has 6 nitrogen and oxygen atoms in total. The number of ether oxygens (including phenoxy) is 2. The maximum Gasteiger partial charge on any atom is 0.264 e. The molecule has 0 fully saturated rings. The van der Waals surface area contributed by atoms with Gasteiger partial charge in [-0.2, -0.15) is 0 Å². The van der Waals surface area contributed by atoms with Crippen LogP contribution in [0, 0.1) is 0 Å². The van der Waals surface area contributed by atoms with Crippen molar-refractivity contribution in [2.24, 2.45) is 0 Å². The number of allylic oxidation sites excluding steroid dienone is 1. The molecule has 2 aliphatic heterocycles. The van der Waals surface area contributed by atoms with Gasteiger partial charge in [0.1, 0.15) is 0 Å². The van der Waals surface area contributed by atoms with E-state index in [1.165, 1.54) is 6.08 Å². The molecular weight excluding hydrogens is 358 g/mol. The quantitative estimate of drug-likeness (QED) is 0.781. The summed E-state index contributed by atoms with van der Waals surface area (Å²) < 4.78 is 10.6. The summed E-state index contributed by atoms with van der Waals surface area (Å²) in [7, 11) is 0. The van der Waals surface area contributed by atoms with Crippen LogP contribution >= 0.6 is 0 Å². The van der Waals surface area contributed by atoms with Crippen molar-refractivity contribution in [3.8, 4) is 11.5 Å². The molecule has 1 atom stereocenters. The summed E-state index contributed by atoms with van der Waals surface area (Å²) in [5, 5.41) is 11.1. The molecule has 0 saturated carbocycles. The number of hydrogen-bond donors (Lipinski definition) is 1. The zero-order chi connectivity index (χ0) is 19.7. The van der Waals surface area contributed by atoms with Crippen molar-refractivity contribution in [1.29, 1.82) is 0 Å². The molecule has 2 heterocycles. The fourth-order valence-corrected chi connectivity index (χ4v) is 3.64. The lowest BCUT2D eigenvalue weighted by atomic mass is 9.89. The van der Waals surface area contributed by atoms with Gasteiger partial charge < -0.3 is 19.5 Å². The minimum absolute atomic E-state index is 0.185. The van der Waals surface area contributed by atoms with Crippen molar-refractivity contribution in [3.63, 3.8) is 0 Å². The third-order valence-corrected chi connectivity index (χ3v) is 4.97. The van der Waals surface area contributed by atoms with E-state index in [4.69, 9.17) is 9.47 Å². The van der Waals surface area contributed by atoms with E-state index in [9.17, 15) is 14.7 Å². The summed E-state index contributed by atoms with van der Waals surface area (Å²) in [5.74, 6) is 0.521. The standard InChI is InChI=1S/C22H21NO5/c1-2-11-23-18-6-4-3-5-17(18)22(26,21(23)25)13-16(24)9-7-15-8-10-19-20(12-15)28-14-27-19/h3-10,12,26H,2,11,13-14H2,1H3/b9-7+/t22-/m0/s1. The second-order valence-corrected chi connectivity index (χ2v) is 6.92. The lowest BCUT2D eigenvalue weighted by molar-refractivity contribution is -0.140. The van der Waals surface area contributed by atoms with Crippen molar-refractivity contribution in [2.75, 3.05) is 18.2 Å². The molecule has 0 unspecified atom stereocenters. The highest BCUT2D eigenvalue weighted by molar-refractivity contribution is 6.10. The van der Waals surface area contributed by atoms with Gasteiger partial charge >= 0.3 is 0 Å². The van der Waals surface area contributed by atoms with Gasteiger partial charge in [-0.1, -0.05) is 37.3 Å². The second kappa shape index (κ2) is 7.13. The lowest BCUT2D eigenvalue weighted by Crippen LogP contribution is -2.41. The van der Waals surface area contributed by atoms with Crippen molar-refractivity contribution in [1.82, 2.24) is 0 Å². The van der Waals surface area contributed by atoms with E-state index in [1.54, 1.807) is 41.3 Å². The van der Waals surface area contributed by atoms with Crippen LogP contribution in [0.15, 0.2) is 48.5 Å². The Balaban J connectivity index is 1.54. The first-order valence-corrected chi connectivity index (χ1v) is 9.27. The summed E-state index contributed by atoms with van der Waals surface area (Å²) in [5.41, 5.74) is 0.0975. The largest absolute Gasteiger partial charge is 0.454 e. The normalized spacial score (nSPS) is 20.1. The number of carbonyl (C=O) groups excluding carboxylic acids is 2. The van der Waals surface area contributed by atoms with E-state index >= 15 is 0 Å². The molecule has 0 aromatic heterocycles. The molecule has 2 aromatic rings. The number of rotatable bonds is 6. The first kappa shape index (κ1) is 18.3. The smallest absolute Gasteiger partial charge is 0.264 e. The van der Waals surface area contributed by atoms with E-state index < -0.39 is 11.5 Å². The van der Waals surface area contributed by atoms with E-state index in [0.717, 1.165) is 12.0 Å². The average Bonchev–Trinajstić information content (AvgIpc) is 3.24. The fourth-order valence-electron chi connectivity index (χ4n) is 3.64. The summed E-state index contributed by atoms with van der Waals surface area (Å²) >= 11 is 0. The number of aliphatic hydroxyl groups is 1. The van der Waals surface area contributed by atoms with Crippen LogP contribution in [0.2, 0.25) is 0 Å². The highest BCUT2D eigenvalue weighted by Gasteiger charge is 2.50. The zero-order valence-corrected chi connectivity index (χ0v) is 15.6. The van der Waals surface area contributed by atoms with Crippen LogP contribution in [0.3, 0.4) is 0 Å². The predicted molar refractivity (Wildman–Crippen MR) is 104 cm³/mol. The first-order valence-electron chi connectivity index (χ1n) is 9.27. The molecule has 28 heavy (non-hydrogen) atoms. The van der Waals surface area contributed by atoms with E-state index in [2.05, 4.69) is 0 Å². The number of amides is 1. The monoisotopic (exact) mass is 379 g/mol. The number of para-hydroxylation sites is 1. The Labute approximate surface area is 163 Å². The molecule has 2 aliphatic rings. The molecule has 144 valence electrons. The summed E-state index contributed by atoms with van der Waals surface area (Å²) in [6.45, 7) is 2.65. The maximum absolute atomic E-state index is 12.9. The number of fused-ring (bicyclic) bond motifs is 2. The molecule has 0 spiro atoms. The van der Waals surface area contributed by atoms with Crippen LogP contribution in [0.4, 0.5) is 5.69 Å². The molecule has 0 saturated heterocycles. The highest BCUT2D eigenvalue weighted by atomic mass is 16.7. The van der Waals surface area contributed by atoms with Crippen LogP contribution in [0.5, 0.6) is 11.5 Å². The Morgan fingerprint density at radius 3 is 2.82 bits per heavy atom.